The van der Waals surface area contributed by atoms with Crippen LogP contribution in [0.15, 0.2) is 41.6 Å². The molecule has 1 amide bonds. The molecule has 0 spiro atoms. The number of carbonyl (C=O) groups is 1. The standard InChI is InChI=1S/C16H20N2O2/c1-16(2,3)17-15(19)14-11-13(18-20-14)10-9-12-7-5-4-6-8-12/h4-10,14H,11H2,1-3H3,(H,17,19)/b10-9+/t14-/m0/s1. The van der Waals surface area contributed by atoms with Gasteiger partial charge in [-0.2, -0.15) is 0 Å². The van der Waals surface area contributed by atoms with E-state index in [-0.39, 0.29) is 11.4 Å². The molecule has 106 valence electrons. The highest BCUT2D eigenvalue weighted by atomic mass is 16.6. The van der Waals surface area contributed by atoms with Crippen molar-refractivity contribution < 1.29 is 9.63 Å². The predicted molar refractivity (Wildman–Crippen MR) is 80.3 cm³/mol. The number of hydrogen-bond donors (Lipinski definition) is 1. The fourth-order valence-corrected chi connectivity index (χ4v) is 1.84. The molecule has 4 heteroatoms. The second-order valence-electron chi connectivity index (χ2n) is 5.86. The smallest absolute Gasteiger partial charge is 0.264 e. The van der Waals surface area contributed by atoms with E-state index in [4.69, 9.17) is 4.84 Å². The lowest BCUT2D eigenvalue weighted by Gasteiger charge is -2.21. The van der Waals surface area contributed by atoms with Crippen molar-refractivity contribution >= 4 is 17.7 Å². The van der Waals surface area contributed by atoms with E-state index in [0.29, 0.717) is 6.42 Å². The Kier molecular flexibility index (Phi) is 4.23. The monoisotopic (exact) mass is 272 g/mol. The Bertz CT molecular complexity index is 527. The number of allylic oxidation sites excluding steroid dienone is 1. The molecule has 0 unspecified atom stereocenters. The van der Waals surface area contributed by atoms with E-state index in [1.807, 2.05) is 63.3 Å². The van der Waals surface area contributed by atoms with Gasteiger partial charge in [-0.25, -0.2) is 0 Å². The van der Waals surface area contributed by atoms with Crippen LogP contribution in [0, 0.1) is 0 Å². The summed E-state index contributed by atoms with van der Waals surface area (Å²) in [6.07, 6.45) is 3.83. The summed E-state index contributed by atoms with van der Waals surface area (Å²) in [6, 6.07) is 9.95. The van der Waals surface area contributed by atoms with Gasteiger partial charge >= 0.3 is 0 Å². The van der Waals surface area contributed by atoms with Crippen LogP contribution < -0.4 is 5.32 Å². The maximum Gasteiger partial charge on any atom is 0.264 e. The minimum Gasteiger partial charge on any atom is -0.382 e. The molecule has 1 heterocycles. The zero-order chi connectivity index (χ0) is 14.6. The van der Waals surface area contributed by atoms with E-state index in [2.05, 4.69) is 10.5 Å². The quantitative estimate of drug-likeness (QED) is 0.919. The molecule has 0 aromatic heterocycles. The third kappa shape index (κ3) is 4.23. The zero-order valence-electron chi connectivity index (χ0n) is 12.1. The van der Waals surface area contributed by atoms with Gasteiger partial charge in [0.25, 0.3) is 5.91 Å². The molecule has 1 N–H and O–H groups in total. The number of amides is 1. The first-order chi connectivity index (χ1) is 9.44. The van der Waals surface area contributed by atoms with Crippen LogP contribution in [0.25, 0.3) is 6.08 Å². The molecule has 1 aliphatic heterocycles. The second-order valence-corrected chi connectivity index (χ2v) is 5.86. The minimum atomic E-state index is -0.523. The van der Waals surface area contributed by atoms with Crippen molar-refractivity contribution in [3.8, 4) is 0 Å². The molecule has 0 saturated carbocycles. The van der Waals surface area contributed by atoms with E-state index in [9.17, 15) is 4.79 Å². The van der Waals surface area contributed by atoms with Gasteiger partial charge in [-0.1, -0.05) is 41.6 Å². The van der Waals surface area contributed by atoms with E-state index in [1.165, 1.54) is 0 Å². The molecule has 0 bridgehead atoms. The summed E-state index contributed by atoms with van der Waals surface area (Å²) in [5.41, 5.74) is 1.61. The number of benzene rings is 1. The summed E-state index contributed by atoms with van der Waals surface area (Å²) in [5.74, 6) is -0.121. The van der Waals surface area contributed by atoms with Gasteiger partial charge in [0, 0.05) is 12.0 Å². The third-order valence-electron chi connectivity index (χ3n) is 2.75. The molecule has 0 fully saturated rings. The zero-order valence-corrected chi connectivity index (χ0v) is 12.1. The van der Waals surface area contributed by atoms with Crippen LogP contribution in [0.3, 0.4) is 0 Å². The van der Waals surface area contributed by atoms with Crippen LogP contribution in [0.4, 0.5) is 0 Å². The van der Waals surface area contributed by atoms with E-state index >= 15 is 0 Å². The lowest BCUT2D eigenvalue weighted by Crippen LogP contribution is -2.45. The largest absolute Gasteiger partial charge is 0.382 e. The van der Waals surface area contributed by atoms with Crippen LogP contribution >= 0.6 is 0 Å². The molecule has 1 aliphatic rings. The topological polar surface area (TPSA) is 50.7 Å². The van der Waals surface area contributed by atoms with Crippen molar-refractivity contribution in [2.24, 2.45) is 5.16 Å². The molecular weight excluding hydrogens is 252 g/mol. The number of carbonyl (C=O) groups excluding carboxylic acids is 1. The Morgan fingerprint density at radius 3 is 2.65 bits per heavy atom. The highest BCUT2D eigenvalue weighted by Gasteiger charge is 2.29. The first-order valence-electron chi connectivity index (χ1n) is 6.72. The Hall–Kier alpha value is -2.10. The summed E-state index contributed by atoms with van der Waals surface area (Å²) in [7, 11) is 0. The number of nitrogens with zero attached hydrogens (tertiary/aromatic N) is 1. The van der Waals surface area contributed by atoms with E-state index in [1.54, 1.807) is 0 Å². The Labute approximate surface area is 119 Å². The van der Waals surface area contributed by atoms with E-state index < -0.39 is 6.10 Å². The summed E-state index contributed by atoms with van der Waals surface area (Å²) < 4.78 is 0. The number of rotatable bonds is 3. The molecular formula is C16H20N2O2. The summed E-state index contributed by atoms with van der Waals surface area (Å²) in [6.45, 7) is 5.82. The lowest BCUT2D eigenvalue weighted by atomic mass is 10.1. The molecule has 1 aromatic carbocycles. The van der Waals surface area contributed by atoms with Gasteiger partial charge in [-0.3, -0.25) is 4.79 Å². The fourth-order valence-electron chi connectivity index (χ4n) is 1.84. The fraction of sp³-hybridized carbons (Fsp3) is 0.375. The first kappa shape index (κ1) is 14.3. The predicted octanol–water partition coefficient (Wildman–Crippen LogP) is 2.76. The van der Waals surface area contributed by atoms with Crippen molar-refractivity contribution in [1.82, 2.24) is 5.32 Å². The van der Waals surface area contributed by atoms with Crippen molar-refractivity contribution in [3.05, 3.63) is 42.0 Å². The lowest BCUT2D eigenvalue weighted by molar-refractivity contribution is -0.132. The molecule has 0 saturated heterocycles. The molecule has 20 heavy (non-hydrogen) atoms. The van der Waals surface area contributed by atoms with E-state index in [0.717, 1.165) is 11.3 Å². The summed E-state index contributed by atoms with van der Waals surface area (Å²) >= 11 is 0. The van der Waals surface area contributed by atoms with Gasteiger partial charge in [0.05, 0.1) is 5.71 Å². The average molecular weight is 272 g/mol. The van der Waals surface area contributed by atoms with Crippen molar-refractivity contribution in [2.75, 3.05) is 0 Å². The Balaban J connectivity index is 1.89. The van der Waals surface area contributed by atoms with Gasteiger partial charge in [-0.05, 0) is 32.4 Å². The molecule has 0 radical (unpaired) electrons. The first-order valence-corrected chi connectivity index (χ1v) is 6.72. The Morgan fingerprint density at radius 1 is 1.30 bits per heavy atom. The second kappa shape index (κ2) is 5.90. The molecule has 0 aliphatic carbocycles. The highest BCUT2D eigenvalue weighted by Crippen LogP contribution is 2.14. The maximum atomic E-state index is 11.9. The van der Waals surface area contributed by atoms with Crippen LogP contribution in [-0.2, 0) is 9.63 Å². The van der Waals surface area contributed by atoms with Crippen LogP contribution in [0.5, 0.6) is 0 Å². The van der Waals surface area contributed by atoms with Crippen molar-refractivity contribution in [3.63, 3.8) is 0 Å². The highest BCUT2D eigenvalue weighted by molar-refractivity contribution is 6.02. The molecule has 1 aromatic rings. The van der Waals surface area contributed by atoms with Crippen molar-refractivity contribution in [2.45, 2.75) is 38.8 Å². The molecule has 4 nitrogen and oxygen atoms in total. The van der Waals surface area contributed by atoms with Gasteiger partial charge < -0.3 is 10.2 Å². The molecule has 2 rings (SSSR count). The van der Waals surface area contributed by atoms with Gasteiger partial charge in [0.2, 0.25) is 6.10 Å². The molecule has 1 atom stereocenters. The number of hydrogen-bond acceptors (Lipinski definition) is 3. The van der Waals surface area contributed by atoms with Crippen LogP contribution in [0.1, 0.15) is 32.8 Å². The number of nitrogens with one attached hydrogen (secondary N) is 1. The SMILES string of the molecule is CC(C)(C)NC(=O)[C@@H]1CC(/C=C/c2ccccc2)=NO1. The average Bonchev–Trinajstić information content (AvgIpc) is 2.84. The maximum absolute atomic E-state index is 11.9. The normalized spacial score (nSPS) is 18.8. The van der Waals surface area contributed by atoms with Gasteiger partial charge in [0.15, 0.2) is 0 Å². The minimum absolute atomic E-state index is 0.121. The Morgan fingerprint density at radius 2 is 2.00 bits per heavy atom. The van der Waals surface area contributed by atoms with Crippen LogP contribution in [0.2, 0.25) is 0 Å². The third-order valence-corrected chi connectivity index (χ3v) is 2.75. The van der Waals surface area contributed by atoms with Crippen LogP contribution in [-0.4, -0.2) is 23.3 Å². The van der Waals surface area contributed by atoms with Gasteiger partial charge in [-0.15, -0.1) is 0 Å². The summed E-state index contributed by atoms with van der Waals surface area (Å²) in [5, 5.41) is 6.85. The van der Waals surface area contributed by atoms with Crippen molar-refractivity contribution in [1.29, 1.82) is 0 Å². The number of oxime groups is 1. The van der Waals surface area contributed by atoms with Gasteiger partial charge in [0.1, 0.15) is 0 Å². The summed E-state index contributed by atoms with van der Waals surface area (Å²) in [4.78, 5) is 17.1.